The quantitative estimate of drug-likeness (QED) is 0.839. The van der Waals surface area contributed by atoms with Crippen molar-refractivity contribution in [3.8, 4) is 0 Å². The number of carbonyl (C=O) groups is 4. The first-order valence-corrected chi connectivity index (χ1v) is 6.58. The fourth-order valence-corrected chi connectivity index (χ4v) is 2.34. The molecular weight excluding hydrogens is 290 g/mol. The lowest BCUT2D eigenvalue weighted by atomic mass is 9.93. The molecular formula is C15H15NO6. The molecule has 116 valence electrons. The van der Waals surface area contributed by atoms with E-state index in [1.54, 1.807) is 0 Å². The number of ether oxygens (including phenoxy) is 2. The summed E-state index contributed by atoms with van der Waals surface area (Å²) in [6, 6.07) is 0. The molecule has 0 aromatic carbocycles. The number of nitrogens with one attached hydrogen (secondary N) is 1. The highest BCUT2D eigenvalue weighted by atomic mass is 16.5. The van der Waals surface area contributed by atoms with E-state index in [9.17, 15) is 19.2 Å². The van der Waals surface area contributed by atoms with Crippen LogP contribution in [-0.4, -0.2) is 42.7 Å². The van der Waals surface area contributed by atoms with Gasteiger partial charge in [0.25, 0.3) is 0 Å². The molecule has 1 aliphatic rings. The molecule has 1 N–H and O–H groups in total. The Labute approximate surface area is 126 Å². The number of Topliss-reactive ketones (excluding diaryl/α,β-unsaturated/α-hetero) is 1. The molecule has 7 heteroatoms. The first-order valence-electron chi connectivity index (χ1n) is 6.58. The third-order valence-electron chi connectivity index (χ3n) is 3.45. The molecule has 0 aliphatic heterocycles. The first kappa shape index (κ1) is 15.7. The van der Waals surface area contributed by atoms with E-state index in [0.717, 1.165) is 0 Å². The molecule has 1 aromatic heterocycles. The van der Waals surface area contributed by atoms with Gasteiger partial charge >= 0.3 is 11.9 Å². The maximum absolute atomic E-state index is 12.1. The van der Waals surface area contributed by atoms with Crippen molar-refractivity contribution in [1.29, 1.82) is 0 Å². The zero-order chi connectivity index (χ0) is 16.4. The Morgan fingerprint density at radius 3 is 2.45 bits per heavy atom. The van der Waals surface area contributed by atoms with Crippen molar-refractivity contribution in [1.82, 2.24) is 4.98 Å². The van der Waals surface area contributed by atoms with E-state index < -0.39 is 17.7 Å². The first-order chi connectivity index (χ1) is 10.4. The van der Waals surface area contributed by atoms with Crippen LogP contribution in [0.4, 0.5) is 0 Å². The number of aryl methyl sites for hydroxylation is 1. The van der Waals surface area contributed by atoms with Crippen LogP contribution in [0.3, 0.4) is 0 Å². The summed E-state index contributed by atoms with van der Waals surface area (Å²) in [5.74, 6) is -1.99. The van der Waals surface area contributed by atoms with Gasteiger partial charge < -0.3 is 14.5 Å². The van der Waals surface area contributed by atoms with Gasteiger partial charge in [-0.1, -0.05) is 0 Å². The number of allylic oxidation sites excluding steroid dienone is 2. The summed E-state index contributed by atoms with van der Waals surface area (Å²) in [6.07, 6.45) is 1.33. The van der Waals surface area contributed by atoms with Gasteiger partial charge in [0.15, 0.2) is 5.78 Å². The standard InChI is InChI=1S/C15H15NO6/c1-7-6-9(17)12-11(15(20)22-3)8(4-5-10(18)21-2)16-13(12)14(7)19/h6,16H,4-5H2,1-3H3. The van der Waals surface area contributed by atoms with Gasteiger partial charge in [-0.15, -0.1) is 0 Å². The van der Waals surface area contributed by atoms with Crippen molar-refractivity contribution in [3.05, 3.63) is 34.2 Å². The van der Waals surface area contributed by atoms with Crippen molar-refractivity contribution in [3.63, 3.8) is 0 Å². The van der Waals surface area contributed by atoms with Gasteiger partial charge in [0.1, 0.15) is 0 Å². The van der Waals surface area contributed by atoms with E-state index >= 15 is 0 Å². The van der Waals surface area contributed by atoms with Crippen molar-refractivity contribution in [2.75, 3.05) is 14.2 Å². The highest BCUT2D eigenvalue weighted by molar-refractivity contribution is 6.26. The molecule has 2 rings (SSSR count). The number of hydrogen-bond acceptors (Lipinski definition) is 6. The van der Waals surface area contributed by atoms with E-state index in [2.05, 4.69) is 14.5 Å². The molecule has 1 heterocycles. The highest BCUT2D eigenvalue weighted by Crippen LogP contribution is 2.28. The van der Waals surface area contributed by atoms with Crippen molar-refractivity contribution in [2.45, 2.75) is 19.8 Å². The fourth-order valence-electron chi connectivity index (χ4n) is 2.34. The predicted octanol–water partition coefficient (Wildman–Crippen LogP) is 1.23. The summed E-state index contributed by atoms with van der Waals surface area (Å²) in [5.41, 5.74) is 0.665. The van der Waals surface area contributed by atoms with Crippen LogP contribution in [0.2, 0.25) is 0 Å². The van der Waals surface area contributed by atoms with Gasteiger partial charge in [0.2, 0.25) is 5.78 Å². The van der Waals surface area contributed by atoms with Crippen LogP contribution in [0.1, 0.15) is 50.2 Å². The number of aromatic amines is 1. The van der Waals surface area contributed by atoms with Gasteiger partial charge in [-0.25, -0.2) is 4.79 Å². The van der Waals surface area contributed by atoms with Crippen LogP contribution >= 0.6 is 0 Å². The number of H-pyrrole nitrogens is 1. The molecule has 7 nitrogen and oxygen atoms in total. The second-order valence-corrected chi connectivity index (χ2v) is 4.82. The summed E-state index contributed by atoms with van der Waals surface area (Å²) < 4.78 is 9.23. The van der Waals surface area contributed by atoms with Gasteiger partial charge in [-0.2, -0.15) is 0 Å². The molecule has 0 saturated carbocycles. The second-order valence-electron chi connectivity index (χ2n) is 4.82. The number of fused-ring (bicyclic) bond motifs is 1. The molecule has 0 fully saturated rings. The van der Waals surface area contributed by atoms with Gasteiger partial charge in [0.05, 0.1) is 37.5 Å². The highest BCUT2D eigenvalue weighted by Gasteiger charge is 2.33. The van der Waals surface area contributed by atoms with Gasteiger partial charge in [0, 0.05) is 11.3 Å². The molecule has 22 heavy (non-hydrogen) atoms. The average Bonchev–Trinajstić information content (AvgIpc) is 2.89. The minimum atomic E-state index is -0.730. The lowest BCUT2D eigenvalue weighted by Gasteiger charge is -2.09. The number of carbonyl (C=O) groups excluding carboxylic acids is 4. The van der Waals surface area contributed by atoms with E-state index in [1.165, 1.54) is 27.2 Å². The topological polar surface area (TPSA) is 103 Å². The molecule has 0 radical (unpaired) electrons. The molecule has 1 aromatic rings. The summed E-state index contributed by atoms with van der Waals surface area (Å²) in [7, 11) is 2.44. The summed E-state index contributed by atoms with van der Waals surface area (Å²) in [5, 5.41) is 0. The van der Waals surface area contributed by atoms with Crippen LogP contribution in [0.25, 0.3) is 0 Å². The lowest BCUT2D eigenvalue weighted by Crippen LogP contribution is -2.17. The Kier molecular flexibility index (Phi) is 4.25. The Morgan fingerprint density at radius 2 is 1.86 bits per heavy atom. The van der Waals surface area contributed by atoms with E-state index in [1.807, 2.05) is 0 Å². The minimum Gasteiger partial charge on any atom is -0.469 e. The monoisotopic (exact) mass is 305 g/mol. The fraction of sp³-hybridized carbons (Fsp3) is 0.333. The molecule has 0 saturated heterocycles. The molecule has 0 atom stereocenters. The Hall–Kier alpha value is -2.70. The lowest BCUT2D eigenvalue weighted by molar-refractivity contribution is -0.140. The zero-order valence-electron chi connectivity index (χ0n) is 12.4. The third-order valence-corrected chi connectivity index (χ3v) is 3.45. The number of aromatic nitrogens is 1. The van der Waals surface area contributed by atoms with E-state index in [4.69, 9.17) is 0 Å². The van der Waals surface area contributed by atoms with E-state index in [-0.39, 0.29) is 41.0 Å². The average molecular weight is 305 g/mol. The van der Waals surface area contributed by atoms with Crippen LogP contribution in [0.5, 0.6) is 0 Å². The Morgan fingerprint density at radius 1 is 1.18 bits per heavy atom. The van der Waals surface area contributed by atoms with Crippen molar-refractivity contribution < 1.29 is 28.7 Å². The number of methoxy groups -OCH3 is 2. The smallest absolute Gasteiger partial charge is 0.340 e. The number of rotatable bonds is 4. The summed E-state index contributed by atoms with van der Waals surface area (Å²) in [6.45, 7) is 1.52. The van der Waals surface area contributed by atoms with Crippen molar-refractivity contribution >= 4 is 23.5 Å². The molecule has 0 unspecified atom stereocenters. The van der Waals surface area contributed by atoms with Crippen LogP contribution in [-0.2, 0) is 20.7 Å². The molecule has 0 spiro atoms. The third kappa shape index (κ3) is 2.57. The number of hydrogen-bond donors (Lipinski definition) is 1. The molecule has 1 aliphatic carbocycles. The summed E-state index contributed by atoms with van der Waals surface area (Å²) in [4.78, 5) is 50.3. The van der Waals surface area contributed by atoms with Crippen LogP contribution in [0, 0.1) is 0 Å². The van der Waals surface area contributed by atoms with Gasteiger partial charge in [-0.3, -0.25) is 14.4 Å². The minimum absolute atomic E-state index is 0.00214. The number of esters is 2. The Balaban J connectivity index is 2.52. The molecule has 0 bridgehead atoms. The SMILES string of the molecule is COC(=O)CCc1[nH]c2c(c1C(=O)OC)C(=O)C=C(C)C2=O. The normalized spacial score (nSPS) is 13.5. The predicted molar refractivity (Wildman–Crippen MR) is 74.9 cm³/mol. The maximum atomic E-state index is 12.1. The van der Waals surface area contributed by atoms with Crippen LogP contribution in [0.15, 0.2) is 11.6 Å². The maximum Gasteiger partial charge on any atom is 0.340 e. The molecule has 0 amide bonds. The zero-order valence-corrected chi connectivity index (χ0v) is 12.4. The number of ketones is 2. The second kappa shape index (κ2) is 5.97. The summed E-state index contributed by atoms with van der Waals surface area (Å²) >= 11 is 0. The van der Waals surface area contributed by atoms with E-state index in [0.29, 0.717) is 5.69 Å². The van der Waals surface area contributed by atoms with Crippen molar-refractivity contribution in [2.24, 2.45) is 0 Å². The van der Waals surface area contributed by atoms with Gasteiger partial charge in [-0.05, 0) is 19.4 Å². The largest absolute Gasteiger partial charge is 0.469 e. The van der Waals surface area contributed by atoms with Crippen LogP contribution < -0.4 is 0 Å². The Bertz CT molecular complexity index is 710.